The number of carbonyl (C=O) groups excluding carboxylic acids is 1. The maximum atomic E-state index is 14.0. The zero-order valence-corrected chi connectivity index (χ0v) is 19.0. The largest absolute Gasteiger partial charge is 0.339 e. The molecule has 0 saturated carbocycles. The number of piperidine rings is 1. The van der Waals surface area contributed by atoms with Crippen molar-refractivity contribution < 1.29 is 30.4 Å². The Kier molecular flexibility index (Phi) is 7.34. The number of rotatable bonds is 6. The van der Waals surface area contributed by atoms with Crippen molar-refractivity contribution in [2.24, 2.45) is 0 Å². The first-order chi connectivity index (χ1) is 14.6. The number of carbonyl (C=O) groups is 1. The molecule has 2 aliphatic rings. The Balaban J connectivity index is 1.72. The van der Waals surface area contributed by atoms with Crippen LogP contribution in [0.5, 0.6) is 0 Å². The zero-order chi connectivity index (χ0) is 22.8. The highest BCUT2D eigenvalue weighted by atomic mass is 32.2. The van der Waals surface area contributed by atoms with E-state index in [-0.39, 0.29) is 37.8 Å². The molecule has 0 aromatic heterocycles. The fourth-order valence-corrected chi connectivity index (χ4v) is 7.35. The number of hydrogen-bond donors (Lipinski definition) is 0. The molecule has 0 aliphatic carbocycles. The Hall–Kier alpha value is -1.63. The molecule has 0 N–H and O–H groups in total. The normalized spacial score (nSPS) is 21.9. The van der Waals surface area contributed by atoms with Crippen LogP contribution in [0.3, 0.4) is 0 Å². The van der Waals surface area contributed by atoms with Crippen molar-refractivity contribution in [1.82, 2.24) is 13.5 Å². The second kappa shape index (κ2) is 9.47. The summed E-state index contributed by atoms with van der Waals surface area (Å²) in [6, 6.07) is 2.05. The molecule has 174 valence electrons. The lowest BCUT2D eigenvalue weighted by atomic mass is 10.0. The molecule has 1 aromatic carbocycles. The van der Waals surface area contributed by atoms with Crippen molar-refractivity contribution in [3.63, 3.8) is 0 Å². The minimum Gasteiger partial charge on any atom is -0.339 e. The van der Waals surface area contributed by atoms with E-state index in [0.29, 0.717) is 25.8 Å². The van der Waals surface area contributed by atoms with Crippen LogP contribution >= 0.6 is 0 Å². The van der Waals surface area contributed by atoms with Crippen molar-refractivity contribution in [3.05, 3.63) is 29.8 Å². The van der Waals surface area contributed by atoms with Gasteiger partial charge in [-0.15, -0.1) is 0 Å². The maximum absolute atomic E-state index is 14.0. The van der Waals surface area contributed by atoms with E-state index in [0.717, 1.165) is 28.9 Å². The van der Waals surface area contributed by atoms with E-state index >= 15 is 0 Å². The van der Waals surface area contributed by atoms with Crippen LogP contribution in [-0.4, -0.2) is 80.8 Å². The van der Waals surface area contributed by atoms with E-state index in [9.17, 15) is 30.4 Å². The van der Waals surface area contributed by atoms with Gasteiger partial charge in [0, 0.05) is 32.7 Å². The number of nitrogens with zero attached hydrogens (tertiary/aromatic N) is 3. The van der Waals surface area contributed by atoms with Crippen LogP contribution in [-0.2, 0) is 24.8 Å². The minimum absolute atomic E-state index is 0.0201. The molecule has 1 amide bonds. The molecule has 31 heavy (non-hydrogen) atoms. The van der Waals surface area contributed by atoms with Gasteiger partial charge in [0.25, 0.3) is 0 Å². The number of sulfonamides is 2. The summed E-state index contributed by atoms with van der Waals surface area (Å²) in [5.74, 6) is -2.72. The third kappa shape index (κ3) is 4.91. The molecular formula is C19H27F2N3O5S2. The smallest absolute Gasteiger partial charge is 0.249 e. The lowest BCUT2D eigenvalue weighted by Crippen LogP contribution is -2.57. The summed E-state index contributed by atoms with van der Waals surface area (Å²) in [4.78, 5) is 13.5. The van der Waals surface area contributed by atoms with Gasteiger partial charge in [0.1, 0.15) is 17.7 Å². The predicted molar refractivity (Wildman–Crippen MR) is 110 cm³/mol. The molecule has 2 fully saturated rings. The van der Waals surface area contributed by atoms with Gasteiger partial charge >= 0.3 is 0 Å². The van der Waals surface area contributed by atoms with Gasteiger partial charge in [-0.1, -0.05) is 19.4 Å². The Morgan fingerprint density at radius 3 is 2.19 bits per heavy atom. The molecule has 0 radical (unpaired) electrons. The SMILES string of the molecule is CCCS(=O)(=O)N1CCCCC1C(=O)N1CCN(S(=O)(=O)c2c(F)cccc2F)CC1. The maximum Gasteiger partial charge on any atom is 0.249 e. The average Bonchev–Trinajstić information content (AvgIpc) is 2.73. The molecule has 0 bridgehead atoms. The van der Waals surface area contributed by atoms with E-state index in [2.05, 4.69) is 0 Å². The summed E-state index contributed by atoms with van der Waals surface area (Å²) in [6.45, 7) is 1.83. The van der Waals surface area contributed by atoms with Gasteiger partial charge in [-0.25, -0.2) is 25.6 Å². The summed E-state index contributed by atoms with van der Waals surface area (Å²) in [5.41, 5.74) is 0. The fraction of sp³-hybridized carbons (Fsp3) is 0.632. The van der Waals surface area contributed by atoms with Crippen LogP contribution in [0.1, 0.15) is 32.6 Å². The van der Waals surface area contributed by atoms with E-state index in [1.807, 2.05) is 0 Å². The molecule has 1 aromatic rings. The van der Waals surface area contributed by atoms with Crippen LogP contribution in [0.25, 0.3) is 0 Å². The van der Waals surface area contributed by atoms with Crippen LogP contribution in [0.15, 0.2) is 23.1 Å². The molecule has 0 spiro atoms. The topological polar surface area (TPSA) is 95.1 Å². The summed E-state index contributed by atoms with van der Waals surface area (Å²) >= 11 is 0. The quantitative estimate of drug-likeness (QED) is 0.615. The van der Waals surface area contributed by atoms with Gasteiger partial charge in [0.2, 0.25) is 26.0 Å². The van der Waals surface area contributed by atoms with Gasteiger partial charge in [0.15, 0.2) is 4.90 Å². The van der Waals surface area contributed by atoms with Crippen LogP contribution in [0, 0.1) is 11.6 Å². The number of piperazine rings is 1. The van der Waals surface area contributed by atoms with Crippen LogP contribution in [0.2, 0.25) is 0 Å². The summed E-state index contributed by atoms with van der Waals surface area (Å²) < 4.78 is 80.8. The number of amides is 1. The average molecular weight is 480 g/mol. The standard InChI is InChI=1S/C19H27F2N3O5S2/c1-2-14-30(26,27)24-9-4-3-8-17(24)19(25)22-10-12-23(13-11-22)31(28,29)18-15(20)6-5-7-16(18)21/h5-7,17H,2-4,8-14H2,1H3. The van der Waals surface area contributed by atoms with E-state index in [1.165, 1.54) is 9.21 Å². The minimum atomic E-state index is -4.40. The highest BCUT2D eigenvalue weighted by molar-refractivity contribution is 7.89. The number of hydrogen-bond acceptors (Lipinski definition) is 5. The van der Waals surface area contributed by atoms with Crippen molar-refractivity contribution in [3.8, 4) is 0 Å². The Labute approximate surface area is 181 Å². The van der Waals surface area contributed by atoms with E-state index in [4.69, 9.17) is 0 Å². The molecule has 2 aliphatic heterocycles. The molecule has 2 heterocycles. The second-order valence-corrected chi connectivity index (χ2v) is 11.6. The Morgan fingerprint density at radius 1 is 1.00 bits per heavy atom. The van der Waals surface area contributed by atoms with E-state index < -0.39 is 42.6 Å². The third-order valence-corrected chi connectivity index (χ3v) is 9.65. The molecule has 12 heteroatoms. The van der Waals surface area contributed by atoms with Gasteiger partial charge in [-0.05, 0) is 31.4 Å². The van der Waals surface area contributed by atoms with Crippen molar-refractivity contribution >= 4 is 26.0 Å². The first-order valence-corrected chi connectivity index (χ1v) is 13.4. The van der Waals surface area contributed by atoms with Crippen LogP contribution in [0.4, 0.5) is 8.78 Å². The molecule has 8 nitrogen and oxygen atoms in total. The molecule has 1 unspecified atom stereocenters. The van der Waals surface area contributed by atoms with Gasteiger partial charge in [0.05, 0.1) is 5.75 Å². The molecule has 3 rings (SSSR count). The Bertz CT molecular complexity index is 1000. The van der Waals surface area contributed by atoms with Crippen molar-refractivity contribution in [2.45, 2.75) is 43.5 Å². The first-order valence-electron chi connectivity index (χ1n) is 10.3. The molecular weight excluding hydrogens is 452 g/mol. The molecule has 1 atom stereocenters. The van der Waals surface area contributed by atoms with E-state index in [1.54, 1.807) is 6.92 Å². The number of benzene rings is 1. The highest BCUT2D eigenvalue weighted by Gasteiger charge is 2.40. The predicted octanol–water partition coefficient (Wildman–Crippen LogP) is 1.39. The van der Waals surface area contributed by atoms with Crippen molar-refractivity contribution in [2.75, 3.05) is 38.5 Å². The second-order valence-electron chi connectivity index (χ2n) is 7.72. The highest BCUT2D eigenvalue weighted by Crippen LogP contribution is 2.26. The monoisotopic (exact) mass is 479 g/mol. The summed E-state index contributed by atoms with van der Waals surface area (Å²) in [7, 11) is -7.95. The fourth-order valence-electron chi connectivity index (χ4n) is 4.08. The van der Waals surface area contributed by atoms with Crippen molar-refractivity contribution in [1.29, 1.82) is 0 Å². The van der Waals surface area contributed by atoms with Gasteiger partial charge < -0.3 is 4.90 Å². The zero-order valence-electron chi connectivity index (χ0n) is 17.3. The summed E-state index contributed by atoms with van der Waals surface area (Å²) in [6.07, 6.45) is 2.28. The lowest BCUT2D eigenvalue weighted by molar-refractivity contribution is -0.137. The molecule has 2 saturated heterocycles. The lowest BCUT2D eigenvalue weighted by Gasteiger charge is -2.39. The first kappa shape index (κ1) is 24.0. The van der Waals surface area contributed by atoms with Gasteiger partial charge in [-0.2, -0.15) is 8.61 Å². The number of halogens is 2. The van der Waals surface area contributed by atoms with Crippen LogP contribution < -0.4 is 0 Å². The Morgan fingerprint density at radius 2 is 1.61 bits per heavy atom. The third-order valence-electron chi connectivity index (χ3n) is 5.63. The van der Waals surface area contributed by atoms with Gasteiger partial charge in [-0.3, -0.25) is 4.79 Å². The summed E-state index contributed by atoms with van der Waals surface area (Å²) in [5, 5.41) is 0.